The van der Waals surface area contributed by atoms with Gasteiger partial charge in [0.25, 0.3) is 0 Å². The molecule has 10 heavy (non-hydrogen) atoms. The van der Waals surface area contributed by atoms with Crippen LogP contribution in [0.15, 0.2) is 12.3 Å². The molecule has 3 nitrogen and oxygen atoms in total. The first-order valence-corrected chi connectivity index (χ1v) is 4.05. The van der Waals surface area contributed by atoms with Gasteiger partial charge in [-0.2, -0.15) is 5.10 Å². The van der Waals surface area contributed by atoms with E-state index >= 15 is 0 Å². The Hall–Kier alpha value is -0.480. The second-order valence-corrected chi connectivity index (χ2v) is 3.20. The van der Waals surface area contributed by atoms with Gasteiger partial charge in [-0.05, 0) is 12.5 Å². The van der Waals surface area contributed by atoms with Crippen LogP contribution >= 0.6 is 12.0 Å². The minimum atomic E-state index is 0.475. The van der Waals surface area contributed by atoms with Gasteiger partial charge in [0.1, 0.15) is 0 Å². The van der Waals surface area contributed by atoms with Crippen molar-refractivity contribution >= 4 is 12.0 Å². The maximum atomic E-state index is 5.15. The molecule has 1 unspecified atom stereocenters. The first-order chi connectivity index (χ1) is 4.97. The van der Waals surface area contributed by atoms with Crippen LogP contribution in [0.4, 0.5) is 0 Å². The van der Waals surface area contributed by atoms with Crippen LogP contribution in [0.2, 0.25) is 0 Å². The maximum absolute atomic E-state index is 5.15. The van der Waals surface area contributed by atoms with E-state index in [1.807, 2.05) is 6.07 Å². The van der Waals surface area contributed by atoms with Crippen molar-refractivity contribution in [2.75, 3.05) is 6.61 Å². The summed E-state index contributed by atoms with van der Waals surface area (Å²) in [6.45, 7) is 0.856. The third-order valence-corrected chi connectivity index (χ3v) is 2.54. The molecule has 0 aliphatic carbocycles. The van der Waals surface area contributed by atoms with Crippen molar-refractivity contribution in [1.29, 1.82) is 0 Å². The van der Waals surface area contributed by atoms with Crippen LogP contribution in [0.1, 0.15) is 17.4 Å². The van der Waals surface area contributed by atoms with Gasteiger partial charge >= 0.3 is 0 Å². The lowest BCUT2D eigenvalue weighted by molar-refractivity contribution is 0.401. The minimum Gasteiger partial charge on any atom is -0.315 e. The summed E-state index contributed by atoms with van der Waals surface area (Å²) >= 11 is 1.53. The summed E-state index contributed by atoms with van der Waals surface area (Å²) in [5.74, 6) is 0. The lowest BCUT2D eigenvalue weighted by Gasteiger charge is -1.99. The minimum absolute atomic E-state index is 0.475. The van der Waals surface area contributed by atoms with Crippen LogP contribution in [-0.2, 0) is 4.18 Å². The highest BCUT2D eigenvalue weighted by Gasteiger charge is 2.19. The highest BCUT2D eigenvalue weighted by Crippen LogP contribution is 2.36. The monoisotopic (exact) mass is 156 g/mol. The number of hydrogen-bond acceptors (Lipinski definition) is 3. The summed E-state index contributed by atoms with van der Waals surface area (Å²) < 4.78 is 5.15. The van der Waals surface area contributed by atoms with Crippen molar-refractivity contribution < 1.29 is 4.18 Å². The highest BCUT2D eigenvalue weighted by molar-refractivity contribution is 7.95. The Morgan fingerprint density at radius 3 is 3.40 bits per heavy atom. The Bertz CT molecular complexity index is 194. The van der Waals surface area contributed by atoms with Gasteiger partial charge in [0.05, 0.1) is 17.6 Å². The smallest absolute Gasteiger partial charge is 0.0749 e. The molecule has 1 aromatic rings. The summed E-state index contributed by atoms with van der Waals surface area (Å²) in [7, 11) is 0. The molecule has 0 radical (unpaired) electrons. The fourth-order valence-corrected chi connectivity index (χ4v) is 1.77. The number of nitrogens with one attached hydrogen (secondary N) is 1. The van der Waals surface area contributed by atoms with E-state index in [4.69, 9.17) is 4.18 Å². The molecule has 1 fully saturated rings. The van der Waals surface area contributed by atoms with E-state index in [0.717, 1.165) is 13.0 Å². The van der Waals surface area contributed by atoms with Gasteiger partial charge in [-0.3, -0.25) is 5.10 Å². The number of aromatic nitrogens is 2. The SMILES string of the molecule is c1cc(C2CCOS2)[nH]n1. The molecule has 0 spiro atoms. The fourth-order valence-electron chi connectivity index (χ4n) is 0.987. The third kappa shape index (κ3) is 1.04. The van der Waals surface area contributed by atoms with Gasteiger partial charge in [0.2, 0.25) is 0 Å². The predicted molar refractivity (Wildman–Crippen MR) is 39.5 cm³/mol. The zero-order valence-corrected chi connectivity index (χ0v) is 6.23. The first kappa shape index (κ1) is 6.24. The van der Waals surface area contributed by atoms with E-state index in [-0.39, 0.29) is 0 Å². The molecular weight excluding hydrogens is 148 g/mol. The lowest BCUT2D eigenvalue weighted by atomic mass is 10.2. The van der Waals surface area contributed by atoms with E-state index in [1.54, 1.807) is 6.20 Å². The van der Waals surface area contributed by atoms with Gasteiger partial charge in [0, 0.05) is 18.2 Å². The molecule has 1 aliphatic rings. The Morgan fingerprint density at radius 1 is 1.80 bits per heavy atom. The van der Waals surface area contributed by atoms with E-state index in [0.29, 0.717) is 5.25 Å². The maximum Gasteiger partial charge on any atom is 0.0749 e. The summed E-state index contributed by atoms with van der Waals surface area (Å²) in [6, 6.07) is 1.99. The van der Waals surface area contributed by atoms with Crippen molar-refractivity contribution in [2.45, 2.75) is 11.7 Å². The second-order valence-electron chi connectivity index (χ2n) is 2.21. The second kappa shape index (κ2) is 2.64. The Kier molecular flexibility index (Phi) is 1.65. The van der Waals surface area contributed by atoms with Crippen LogP contribution < -0.4 is 0 Å². The number of H-pyrrole nitrogens is 1. The summed E-state index contributed by atoms with van der Waals surface area (Å²) in [5.41, 5.74) is 1.17. The molecule has 1 atom stereocenters. The zero-order valence-electron chi connectivity index (χ0n) is 5.41. The summed E-state index contributed by atoms with van der Waals surface area (Å²) in [4.78, 5) is 0. The fraction of sp³-hybridized carbons (Fsp3) is 0.500. The average molecular weight is 156 g/mol. The highest BCUT2D eigenvalue weighted by atomic mass is 32.2. The van der Waals surface area contributed by atoms with Crippen LogP contribution in [0.25, 0.3) is 0 Å². The quantitative estimate of drug-likeness (QED) is 0.626. The van der Waals surface area contributed by atoms with E-state index in [1.165, 1.54) is 17.7 Å². The van der Waals surface area contributed by atoms with Crippen molar-refractivity contribution in [3.05, 3.63) is 18.0 Å². The van der Waals surface area contributed by atoms with Crippen LogP contribution in [0.3, 0.4) is 0 Å². The molecule has 4 heteroatoms. The number of aromatic amines is 1. The number of hydrogen-bond donors (Lipinski definition) is 1. The van der Waals surface area contributed by atoms with Gasteiger partial charge in [-0.1, -0.05) is 0 Å². The molecule has 2 heterocycles. The van der Waals surface area contributed by atoms with Crippen molar-refractivity contribution in [2.24, 2.45) is 0 Å². The van der Waals surface area contributed by atoms with E-state index in [9.17, 15) is 0 Å². The van der Waals surface area contributed by atoms with Gasteiger partial charge < -0.3 is 4.18 Å². The molecule has 0 bridgehead atoms. The van der Waals surface area contributed by atoms with Gasteiger partial charge in [-0.15, -0.1) is 0 Å². The number of nitrogens with zero attached hydrogens (tertiary/aromatic N) is 1. The molecule has 0 aromatic carbocycles. The third-order valence-electron chi connectivity index (χ3n) is 1.52. The van der Waals surface area contributed by atoms with Crippen LogP contribution in [-0.4, -0.2) is 16.8 Å². The predicted octanol–water partition coefficient (Wildman–Crippen LogP) is 1.52. The van der Waals surface area contributed by atoms with Crippen molar-refractivity contribution in [1.82, 2.24) is 10.2 Å². The van der Waals surface area contributed by atoms with Gasteiger partial charge in [0.15, 0.2) is 0 Å². The Labute approximate surface area is 63.4 Å². The standard InChI is InChI=1S/C6H8N2OS/c1-3-7-8-5(1)6-2-4-9-10-6/h1,3,6H,2,4H2,(H,7,8). The lowest BCUT2D eigenvalue weighted by Crippen LogP contribution is -1.88. The average Bonchev–Trinajstić information content (AvgIpc) is 2.59. The Balaban J connectivity index is 2.12. The normalized spacial score (nSPS) is 25.4. The summed E-state index contributed by atoms with van der Waals surface area (Å²) in [5, 5.41) is 7.28. The van der Waals surface area contributed by atoms with Crippen molar-refractivity contribution in [3.8, 4) is 0 Å². The number of rotatable bonds is 1. The zero-order chi connectivity index (χ0) is 6.81. The largest absolute Gasteiger partial charge is 0.315 e. The summed E-state index contributed by atoms with van der Waals surface area (Å²) in [6.07, 6.45) is 2.86. The molecule has 1 aliphatic heterocycles. The van der Waals surface area contributed by atoms with Gasteiger partial charge in [-0.25, -0.2) is 0 Å². The molecule has 2 rings (SSSR count). The Morgan fingerprint density at radius 2 is 2.80 bits per heavy atom. The van der Waals surface area contributed by atoms with Crippen molar-refractivity contribution in [3.63, 3.8) is 0 Å². The van der Waals surface area contributed by atoms with E-state index in [2.05, 4.69) is 10.2 Å². The topological polar surface area (TPSA) is 37.9 Å². The molecule has 0 amide bonds. The van der Waals surface area contributed by atoms with E-state index < -0.39 is 0 Å². The molecular formula is C6H8N2OS. The molecule has 1 saturated heterocycles. The van der Waals surface area contributed by atoms with Crippen LogP contribution in [0.5, 0.6) is 0 Å². The molecule has 1 aromatic heterocycles. The molecule has 1 N–H and O–H groups in total. The molecule has 0 saturated carbocycles. The first-order valence-electron chi connectivity index (χ1n) is 3.24. The van der Waals surface area contributed by atoms with Crippen LogP contribution in [0, 0.1) is 0 Å². The molecule has 54 valence electrons.